The molecule has 1 saturated carbocycles. The molecule has 1 N–H and O–H groups in total. The third kappa shape index (κ3) is 5.17. The summed E-state index contributed by atoms with van der Waals surface area (Å²) in [6.07, 6.45) is 4.58. The number of rotatable bonds is 5. The van der Waals surface area contributed by atoms with Crippen molar-refractivity contribution >= 4 is 16.0 Å². The average molecular weight is 288 g/mol. The van der Waals surface area contributed by atoms with Crippen LogP contribution in [-0.4, -0.2) is 32.8 Å². The van der Waals surface area contributed by atoms with Gasteiger partial charge in [-0.15, -0.1) is 0 Å². The zero-order valence-corrected chi connectivity index (χ0v) is 12.0. The van der Waals surface area contributed by atoms with E-state index in [0.29, 0.717) is 12.8 Å². The Hall–Kier alpha value is -1.13. The largest absolute Gasteiger partial charge is 0.469 e. The van der Waals surface area contributed by atoms with Gasteiger partial charge in [-0.25, -0.2) is 8.42 Å². The molecule has 0 spiro atoms. The first-order valence-corrected chi connectivity index (χ1v) is 8.08. The van der Waals surface area contributed by atoms with Crippen LogP contribution in [0.4, 0.5) is 0 Å². The lowest BCUT2D eigenvalue weighted by atomic mass is 9.94. The van der Waals surface area contributed by atoms with Crippen molar-refractivity contribution in [2.45, 2.75) is 50.5 Å². The summed E-state index contributed by atoms with van der Waals surface area (Å²) in [6.45, 7) is 0. The van der Waals surface area contributed by atoms with Gasteiger partial charge in [-0.2, -0.15) is 9.98 Å². The number of ether oxygens (including phenoxy) is 1. The van der Waals surface area contributed by atoms with Crippen LogP contribution in [0.15, 0.2) is 0 Å². The molecule has 0 aromatic rings. The van der Waals surface area contributed by atoms with Crippen LogP contribution in [0.25, 0.3) is 0 Å². The van der Waals surface area contributed by atoms with Crippen molar-refractivity contribution in [3.05, 3.63) is 0 Å². The van der Waals surface area contributed by atoms with Gasteiger partial charge in [0, 0.05) is 0 Å². The second kappa shape index (κ2) is 6.87. The van der Waals surface area contributed by atoms with Crippen molar-refractivity contribution in [1.29, 1.82) is 5.26 Å². The van der Waals surface area contributed by atoms with E-state index < -0.39 is 21.5 Å². The number of nitriles is 1. The predicted octanol–water partition coefficient (Wildman–Crippen LogP) is 1.09. The molecule has 0 aromatic carbocycles. The van der Waals surface area contributed by atoms with Gasteiger partial charge in [-0.3, -0.25) is 4.79 Å². The molecule has 1 fully saturated rings. The van der Waals surface area contributed by atoms with Crippen LogP contribution in [0.2, 0.25) is 0 Å². The predicted molar refractivity (Wildman–Crippen MR) is 69.6 cm³/mol. The molecule has 0 unspecified atom stereocenters. The third-order valence-corrected chi connectivity index (χ3v) is 4.77. The van der Waals surface area contributed by atoms with Crippen molar-refractivity contribution in [3.8, 4) is 6.07 Å². The zero-order valence-electron chi connectivity index (χ0n) is 11.1. The van der Waals surface area contributed by atoms with Crippen molar-refractivity contribution in [2.24, 2.45) is 0 Å². The van der Waals surface area contributed by atoms with Gasteiger partial charge in [-0.1, -0.05) is 25.7 Å². The van der Waals surface area contributed by atoms with Crippen LogP contribution in [0.3, 0.4) is 0 Å². The molecule has 0 atom stereocenters. The topological polar surface area (TPSA) is 96.3 Å². The fourth-order valence-corrected chi connectivity index (χ4v) is 3.62. The van der Waals surface area contributed by atoms with E-state index in [0.717, 1.165) is 25.7 Å². The number of methoxy groups -OCH3 is 1. The molecule has 0 bridgehead atoms. The second-order valence-electron chi connectivity index (χ2n) is 4.86. The highest BCUT2D eigenvalue weighted by molar-refractivity contribution is 7.89. The molecular weight excluding hydrogens is 268 g/mol. The normalized spacial score (nSPS) is 19.2. The maximum atomic E-state index is 11.9. The molecular formula is C12H20N2O4S. The quantitative estimate of drug-likeness (QED) is 0.603. The maximum Gasteiger partial charge on any atom is 0.306 e. The van der Waals surface area contributed by atoms with E-state index in [1.165, 1.54) is 7.11 Å². The zero-order chi connectivity index (χ0) is 14.4. The lowest BCUT2D eigenvalue weighted by Gasteiger charge is -2.25. The summed E-state index contributed by atoms with van der Waals surface area (Å²) in [4.78, 5) is 11.0. The maximum absolute atomic E-state index is 11.9. The van der Waals surface area contributed by atoms with E-state index in [1.807, 2.05) is 0 Å². The van der Waals surface area contributed by atoms with Gasteiger partial charge in [0.2, 0.25) is 10.0 Å². The number of nitrogens with one attached hydrogen (secondary N) is 1. The Morgan fingerprint density at radius 2 is 1.89 bits per heavy atom. The molecule has 0 radical (unpaired) electrons. The number of carbonyl (C=O) groups excluding carboxylic acids is 1. The second-order valence-corrected chi connectivity index (χ2v) is 6.70. The molecule has 0 saturated heterocycles. The molecule has 7 heteroatoms. The lowest BCUT2D eigenvalue weighted by Crippen LogP contribution is -2.47. The Bertz CT molecular complexity index is 445. The van der Waals surface area contributed by atoms with Crippen LogP contribution in [0.1, 0.15) is 44.9 Å². The van der Waals surface area contributed by atoms with Crippen LogP contribution in [-0.2, 0) is 19.6 Å². The summed E-state index contributed by atoms with van der Waals surface area (Å²) in [6, 6.07) is 2.11. The monoisotopic (exact) mass is 288 g/mol. The Labute approximate surface area is 114 Å². The Morgan fingerprint density at radius 1 is 1.32 bits per heavy atom. The van der Waals surface area contributed by atoms with E-state index in [-0.39, 0.29) is 12.2 Å². The molecule has 19 heavy (non-hydrogen) atoms. The highest BCUT2D eigenvalue weighted by Gasteiger charge is 2.35. The average Bonchev–Trinajstić information content (AvgIpc) is 2.61. The van der Waals surface area contributed by atoms with Gasteiger partial charge in [0.15, 0.2) is 0 Å². The van der Waals surface area contributed by atoms with E-state index >= 15 is 0 Å². The Balaban J connectivity index is 2.68. The first kappa shape index (κ1) is 15.9. The molecule has 1 aliphatic rings. The fraction of sp³-hybridized carbons (Fsp3) is 0.833. The standard InChI is InChI=1S/C12H20N2O4S/c1-18-11(15)6-9-19(16,17)14-12(10-13)7-4-2-3-5-8-12/h14H,2-9H2,1H3. The molecule has 0 amide bonds. The lowest BCUT2D eigenvalue weighted by molar-refractivity contribution is -0.140. The van der Waals surface area contributed by atoms with Crippen molar-refractivity contribution < 1.29 is 17.9 Å². The van der Waals surface area contributed by atoms with E-state index in [9.17, 15) is 18.5 Å². The summed E-state index contributed by atoms with van der Waals surface area (Å²) in [5.74, 6) is -0.916. The minimum atomic E-state index is -3.65. The van der Waals surface area contributed by atoms with Crippen LogP contribution < -0.4 is 4.72 Å². The smallest absolute Gasteiger partial charge is 0.306 e. The summed E-state index contributed by atoms with van der Waals surface area (Å²) in [5.41, 5.74) is -1.01. The third-order valence-electron chi connectivity index (χ3n) is 3.32. The molecule has 0 heterocycles. The number of hydrogen-bond donors (Lipinski definition) is 1. The van der Waals surface area contributed by atoms with Crippen LogP contribution in [0, 0.1) is 11.3 Å². The molecule has 0 aromatic heterocycles. The van der Waals surface area contributed by atoms with Gasteiger partial charge in [0.25, 0.3) is 0 Å². The molecule has 1 rings (SSSR count). The van der Waals surface area contributed by atoms with Gasteiger partial charge >= 0.3 is 5.97 Å². The van der Waals surface area contributed by atoms with Gasteiger partial charge in [0.05, 0.1) is 25.4 Å². The number of carbonyl (C=O) groups is 1. The first-order chi connectivity index (χ1) is 8.93. The van der Waals surface area contributed by atoms with E-state index in [4.69, 9.17) is 0 Å². The van der Waals surface area contributed by atoms with Crippen LogP contribution >= 0.6 is 0 Å². The highest BCUT2D eigenvalue weighted by Crippen LogP contribution is 2.27. The van der Waals surface area contributed by atoms with Gasteiger partial charge < -0.3 is 4.74 Å². The number of hydrogen-bond acceptors (Lipinski definition) is 5. The summed E-state index contributed by atoms with van der Waals surface area (Å²) in [7, 11) is -2.43. The fourth-order valence-electron chi connectivity index (χ4n) is 2.24. The summed E-state index contributed by atoms with van der Waals surface area (Å²) < 4.78 is 30.7. The minimum absolute atomic E-state index is 0.201. The van der Waals surface area contributed by atoms with Gasteiger partial charge in [0.1, 0.15) is 5.54 Å². The van der Waals surface area contributed by atoms with Crippen LogP contribution in [0.5, 0.6) is 0 Å². The Kier molecular flexibility index (Phi) is 5.76. The molecule has 0 aliphatic heterocycles. The number of esters is 1. The first-order valence-electron chi connectivity index (χ1n) is 6.43. The molecule has 108 valence electrons. The van der Waals surface area contributed by atoms with Crippen molar-refractivity contribution in [2.75, 3.05) is 12.9 Å². The Morgan fingerprint density at radius 3 is 2.37 bits per heavy atom. The van der Waals surface area contributed by atoms with E-state index in [2.05, 4.69) is 15.5 Å². The highest BCUT2D eigenvalue weighted by atomic mass is 32.2. The SMILES string of the molecule is COC(=O)CCS(=O)(=O)NC1(C#N)CCCCCC1. The minimum Gasteiger partial charge on any atom is -0.469 e. The molecule has 1 aliphatic carbocycles. The van der Waals surface area contributed by atoms with Gasteiger partial charge in [-0.05, 0) is 12.8 Å². The van der Waals surface area contributed by atoms with Crippen molar-refractivity contribution in [3.63, 3.8) is 0 Å². The van der Waals surface area contributed by atoms with E-state index in [1.54, 1.807) is 0 Å². The number of nitrogens with zero attached hydrogens (tertiary/aromatic N) is 1. The summed E-state index contributed by atoms with van der Waals surface area (Å²) >= 11 is 0. The summed E-state index contributed by atoms with van der Waals surface area (Å²) in [5, 5.41) is 9.28. The van der Waals surface area contributed by atoms with Crippen molar-refractivity contribution in [1.82, 2.24) is 4.72 Å². The molecule has 6 nitrogen and oxygen atoms in total. The number of sulfonamides is 1.